The van der Waals surface area contributed by atoms with Crippen molar-refractivity contribution in [2.24, 2.45) is 0 Å². The van der Waals surface area contributed by atoms with Crippen LogP contribution >= 0.6 is 0 Å². The van der Waals surface area contributed by atoms with Crippen molar-refractivity contribution in [3.63, 3.8) is 0 Å². The summed E-state index contributed by atoms with van der Waals surface area (Å²) < 4.78 is 13.2. The van der Waals surface area contributed by atoms with Gasteiger partial charge in [0.1, 0.15) is 17.9 Å². The first-order chi connectivity index (χ1) is 6.56. The summed E-state index contributed by atoms with van der Waals surface area (Å²) in [5.41, 5.74) is 0.893. The van der Waals surface area contributed by atoms with Crippen LogP contribution in [-0.4, -0.2) is 11.4 Å². The number of phenolic OH excluding ortho intramolecular Hbond substituents is 1. The zero-order valence-electron chi connectivity index (χ0n) is 8.25. The molecule has 0 aromatic heterocycles. The van der Waals surface area contributed by atoms with Crippen LogP contribution in [0.25, 0.3) is 0 Å². The fraction of sp³-hybridized carbons (Fsp3) is 0.364. The first-order valence-corrected chi connectivity index (χ1v) is 4.49. The quantitative estimate of drug-likeness (QED) is 0.754. The van der Waals surface area contributed by atoms with Crippen molar-refractivity contribution in [3.05, 3.63) is 29.1 Å². The SMILES string of the molecule is Cc1cc(O)c(C(C)CC=O)cc1F. The molecule has 0 fully saturated rings. The molecule has 1 unspecified atom stereocenters. The van der Waals surface area contributed by atoms with Crippen molar-refractivity contribution in [1.29, 1.82) is 0 Å². The van der Waals surface area contributed by atoms with Crippen LogP contribution in [0.1, 0.15) is 30.4 Å². The molecule has 0 saturated heterocycles. The molecule has 0 bridgehead atoms. The van der Waals surface area contributed by atoms with Crippen molar-refractivity contribution in [3.8, 4) is 5.75 Å². The van der Waals surface area contributed by atoms with Crippen molar-refractivity contribution in [2.45, 2.75) is 26.2 Å². The van der Waals surface area contributed by atoms with E-state index < -0.39 is 0 Å². The number of hydrogen-bond acceptors (Lipinski definition) is 2. The third-order valence-corrected chi connectivity index (χ3v) is 2.29. The lowest BCUT2D eigenvalue weighted by Gasteiger charge is -2.11. The Labute approximate surface area is 82.4 Å². The number of benzene rings is 1. The topological polar surface area (TPSA) is 37.3 Å². The Kier molecular flexibility index (Phi) is 3.23. The lowest BCUT2D eigenvalue weighted by Crippen LogP contribution is -1.97. The minimum atomic E-state index is -0.351. The fourth-order valence-corrected chi connectivity index (χ4v) is 1.35. The Morgan fingerprint density at radius 1 is 1.57 bits per heavy atom. The molecular weight excluding hydrogens is 183 g/mol. The molecular formula is C11H13FO2. The van der Waals surface area contributed by atoms with Gasteiger partial charge in [-0.2, -0.15) is 0 Å². The standard InChI is InChI=1S/C11H13FO2/c1-7(3-4-13)9-6-10(12)8(2)5-11(9)14/h4-7,14H,3H2,1-2H3. The normalized spacial score (nSPS) is 12.5. The van der Waals surface area contributed by atoms with Crippen LogP contribution in [-0.2, 0) is 4.79 Å². The molecule has 1 aromatic carbocycles. The maximum Gasteiger partial charge on any atom is 0.126 e. The molecule has 0 spiro atoms. The highest BCUT2D eigenvalue weighted by molar-refractivity contribution is 5.53. The average Bonchev–Trinajstić information content (AvgIpc) is 2.11. The van der Waals surface area contributed by atoms with Crippen molar-refractivity contribution in [1.82, 2.24) is 0 Å². The summed E-state index contributed by atoms with van der Waals surface area (Å²) in [6, 6.07) is 2.67. The molecule has 2 nitrogen and oxygen atoms in total. The maximum absolute atomic E-state index is 13.2. The number of aryl methyl sites for hydroxylation is 1. The summed E-state index contributed by atoms with van der Waals surface area (Å²) in [6.45, 7) is 3.36. The zero-order chi connectivity index (χ0) is 10.7. The van der Waals surface area contributed by atoms with Crippen LogP contribution in [0.3, 0.4) is 0 Å². The van der Waals surface area contributed by atoms with E-state index >= 15 is 0 Å². The van der Waals surface area contributed by atoms with Gasteiger partial charge >= 0.3 is 0 Å². The first-order valence-electron chi connectivity index (χ1n) is 4.49. The number of rotatable bonds is 3. The van der Waals surface area contributed by atoms with E-state index in [1.54, 1.807) is 13.8 Å². The van der Waals surface area contributed by atoms with Gasteiger partial charge in [0.25, 0.3) is 0 Å². The van der Waals surface area contributed by atoms with Crippen LogP contribution in [0.5, 0.6) is 5.75 Å². The van der Waals surface area contributed by atoms with Gasteiger partial charge < -0.3 is 9.90 Å². The lowest BCUT2D eigenvalue weighted by atomic mass is 9.96. The Morgan fingerprint density at radius 3 is 2.79 bits per heavy atom. The molecule has 76 valence electrons. The second-order valence-corrected chi connectivity index (χ2v) is 3.46. The highest BCUT2D eigenvalue weighted by Gasteiger charge is 2.12. The highest BCUT2D eigenvalue weighted by atomic mass is 19.1. The minimum absolute atomic E-state index is 0.0539. The molecule has 1 rings (SSSR count). The molecule has 0 amide bonds. The van der Waals surface area contributed by atoms with Gasteiger partial charge in [-0.05, 0) is 30.5 Å². The van der Waals surface area contributed by atoms with Gasteiger partial charge in [-0.3, -0.25) is 0 Å². The molecule has 0 aliphatic rings. The Morgan fingerprint density at radius 2 is 2.21 bits per heavy atom. The van der Waals surface area contributed by atoms with Crippen LogP contribution in [0.4, 0.5) is 4.39 Å². The van der Waals surface area contributed by atoms with Gasteiger partial charge in [0.15, 0.2) is 0 Å². The van der Waals surface area contributed by atoms with E-state index in [0.717, 1.165) is 6.29 Å². The summed E-state index contributed by atoms with van der Waals surface area (Å²) in [5.74, 6) is -0.448. The molecule has 3 heteroatoms. The van der Waals surface area contributed by atoms with Crippen LogP contribution in [0.2, 0.25) is 0 Å². The molecule has 1 atom stereocenters. The van der Waals surface area contributed by atoms with E-state index in [4.69, 9.17) is 0 Å². The maximum atomic E-state index is 13.2. The van der Waals surface area contributed by atoms with E-state index in [1.165, 1.54) is 12.1 Å². The monoisotopic (exact) mass is 196 g/mol. The van der Waals surface area contributed by atoms with Crippen molar-refractivity contribution < 1.29 is 14.3 Å². The number of hydrogen-bond donors (Lipinski definition) is 1. The number of phenols is 1. The number of aromatic hydroxyl groups is 1. The predicted octanol–water partition coefficient (Wildman–Crippen LogP) is 2.53. The molecule has 0 saturated carbocycles. The molecule has 0 radical (unpaired) electrons. The van der Waals surface area contributed by atoms with E-state index in [9.17, 15) is 14.3 Å². The summed E-state index contributed by atoms with van der Waals surface area (Å²) >= 11 is 0. The number of halogens is 1. The predicted molar refractivity (Wildman–Crippen MR) is 51.9 cm³/mol. The highest BCUT2D eigenvalue weighted by Crippen LogP contribution is 2.29. The minimum Gasteiger partial charge on any atom is -0.508 e. The van der Waals surface area contributed by atoms with E-state index in [1.807, 2.05) is 0 Å². The summed E-state index contributed by atoms with van der Waals surface area (Å²) in [6.07, 6.45) is 1.05. The summed E-state index contributed by atoms with van der Waals surface area (Å²) in [4.78, 5) is 10.3. The van der Waals surface area contributed by atoms with Gasteiger partial charge in [0.2, 0.25) is 0 Å². The van der Waals surface area contributed by atoms with Gasteiger partial charge in [-0.1, -0.05) is 6.92 Å². The summed E-state index contributed by atoms with van der Waals surface area (Å²) in [5, 5.41) is 9.53. The third kappa shape index (κ3) is 2.10. The number of carbonyl (C=O) groups excluding carboxylic acids is 1. The van der Waals surface area contributed by atoms with Gasteiger partial charge in [-0.15, -0.1) is 0 Å². The van der Waals surface area contributed by atoms with Crippen LogP contribution < -0.4 is 0 Å². The van der Waals surface area contributed by atoms with Crippen LogP contribution in [0, 0.1) is 12.7 Å². The number of aldehydes is 1. The first kappa shape index (κ1) is 10.7. The van der Waals surface area contributed by atoms with Gasteiger partial charge in [0, 0.05) is 12.0 Å². The van der Waals surface area contributed by atoms with Crippen LogP contribution in [0.15, 0.2) is 12.1 Å². The number of carbonyl (C=O) groups is 1. The van der Waals surface area contributed by atoms with Gasteiger partial charge in [-0.25, -0.2) is 4.39 Å². The zero-order valence-corrected chi connectivity index (χ0v) is 8.25. The average molecular weight is 196 g/mol. The molecule has 1 aromatic rings. The third-order valence-electron chi connectivity index (χ3n) is 2.29. The smallest absolute Gasteiger partial charge is 0.126 e. The Hall–Kier alpha value is -1.38. The lowest BCUT2D eigenvalue weighted by molar-refractivity contribution is -0.108. The summed E-state index contributed by atoms with van der Waals surface area (Å²) in [7, 11) is 0. The molecule has 0 aliphatic carbocycles. The largest absolute Gasteiger partial charge is 0.508 e. The molecule has 1 N–H and O–H groups in total. The van der Waals surface area contributed by atoms with Gasteiger partial charge in [0.05, 0.1) is 0 Å². The van der Waals surface area contributed by atoms with E-state index in [2.05, 4.69) is 0 Å². The second kappa shape index (κ2) is 4.22. The molecule has 14 heavy (non-hydrogen) atoms. The van der Waals surface area contributed by atoms with E-state index in [-0.39, 0.29) is 23.9 Å². The van der Waals surface area contributed by atoms with Crippen molar-refractivity contribution >= 4 is 6.29 Å². The van der Waals surface area contributed by atoms with E-state index in [0.29, 0.717) is 11.1 Å². The Bertz CT molecular complexity index is 347. The molecule has 0 aliphatic heterocycles. The Balaban J connectivity index is 3.08. The van der Waals surface area contributed by atoms with Crippen molar-refractivity contribution in [2.75, 3.05) is 0 Å². The second-order valence-electron chi connectivity index (χ2n) is 3.46. The molecule has 0 heterocycles. The fourth-order valence-electron chi connectivity index (χ4n) is 1.35.